The van der Waals surface area contributed by atoms with Gasteiger partial charge in [-0.3, -0.25) is 5.10 Å². The van der Waals surface area contributed by atoms with Gasteiger partial charge in [0.05, 0.1) is 11.6 Å². The third-order valence-electron chi connectivity index (χ3n) is 2.17. The minimum absolute atomic E-state index is 0.540. The molecule has 2 rings (SSSR count). The van der Waals surface area contributed by atoms with Crippen LogP contribution in [0.25, 0.3) is 11.4 Å². The molecule has 1 heterocycles. The molecule has 1 N–H and O–H groups in total. The molecule has 0 spiro atoms. The Kier molecular flexibility index (Phi) is 2.35. The number of rotatable bonds is 1. The zero-order chi connectivity index (χ0) is 10.8. The Hall–Kier alpha value is -1.93. The van der Waals surface area contributed by atoms with Gasteiger partial charge in [0.15, 0.2) is 10.6 Å². The summed E-state index contributed by atoms with van der Waals surface area (Å²) in [5, 5.41) is 15.7. The molecule has 15 heavy (non-hydrogen) atoms. The monoisotopic (exact) mass is 216 g/mol. The third kappa shape index (κ3) is 1.55. The summed E-state index contributed by atoms with van der Waals surface area (Å²) in [5.74, 6) is 0.678. The molecule has 74 valence electrons. The maximum Gasteiger partial charge on any atom is 0.195 e. The van der Waals surface area contributed by atoms with Gasteiger partial charge in [-0.15, -0.1) is 0 Å². The van der Waals surface area contributed by atoms with E-state index in [2.05, 4.69) is 16.3 Å². The van der Waals surface area contributed by atoms with Crippen molar-refractivity contribution in [3.05, 3.63) is 34.6 Å². The average Bonchev–Trinajstić information content (AvgIpc) is 2.60. The lowest BCUT2D eigenvalue weighted by Crippen LogP contribution is -1.94. The smallest absolute Gasteiger partial charge is 0.195 e. The van der Waals surface area contributed by atoms with Gasteiger partial charge in [-0.2, -0.15) is 10.4 Å². The predicted octanol–water partition coefficient (Wildman–Crippen LogP) is 2.02. The second kappa shape index (κ2) is 3.67. The van der Waals surface area contributed by atoms with Gasteiger partial charge in [-0.05, 0) is 24.4 Å². The van der Waals surface area contributed by atoms with Crippen molar-refractivity contribution in [2.45, 2.75) is 0 Å². The molecule has 0 saturated carbocycles. The molecule has 0 aliphatic heterocycles. The zero-order valence-corrected chi connectivity index (χ0v) is 8.88. The maximum atomic E-state index is 8.95. The van der Waals surface area contributed by atoms with E-state index >= 15 is 0 Å². The second-order valence-electron chi connectivity index (χ2n) is 3.07. The van der Waals surface area contributed by atoms with Crippen LogP contribution >= 0.6 is 12.2 Å². The molecule has 0 aliphatic rings. The highest BCUT2D eigenvalue weighted by Crippen LogP contribution is 2.20. The quantitative estimate of drug-likeness (QED) is 0.742. The summed E-state index contributed by atoms with van der Waals surface area (Å²) in [4.78, 5) is 0. The number of aromatic nitrogens is 3. The van der Waals surface area contributed by atoms with Crippen LogP contribution in [0.5, 0.6) is 0 Å². The van der Waals surface area contributed by atoms with Crippen LogP contribution in [-0.2, 0) is 7.05 Å². The van der Waals surface area contributed by atoms with Gasteiger partial charge < -0.3 is 4.57 Å². The SMILES string of the molecule is Cn1c(-c2ccccc2C#N)n[nH]c1=S. The summed E-state index contributed by atoms with van der Waals surface area (Å²) in [7, 11) is 1.81. The first-order valence-corrected chi connectivity index (χ1v) is 4.75. The third-order valence-corrected chi connectivity index (χ3v) is 2.53. The van der Waals surface area contributed by atoms with Crippen molar-refractivity contribution >= 4 is 12.2 Å². The standard InChI is InChI=1S/C10H8N4S/c1-14-9(12-13-10(14)15)8-5-3-2-4-7(8)6-11/h2-5H,1H3,(H,13,15). The van der Waals surface area contributed by atoms with E-state index in [9.17, 15) is 0 Å². The van der Waals surface area contributed by atoms with Gasteiger partial charge in [0.25, 0.3) is 0 Å². The first-order chi connectivity index (χ1) is 7.24. The lowest BCUT2D eigenvalue weighted by Gasteiger charge is -2.01. The van der Waals surface area contributed by atoms with Crippen LogP contribution < -0.4 is 0 Å². The Bertz CT molecular complexity index is 588. The van der Waals surface area contributed by atoms with Gasteiger partial charge in [-0.25, -0.2) is 0 Å². The summed E-state index contributed by atoms with van der Waals surface area (Å²) in [6, 6.07) is 9.43. The van der Waals surface area contributed by atoms with E-state index in [4.69, 9.17) is 17.5 Å². The van der Waals surface area contributed by atoms with Crippen LogP contribution in [0.2, 0.25) is 0 Å². The van der Waals surface area contributed by atoms with Crippen molar-refractivity contribution in [2.24, 2.45) is 7.05 Å². The Morgan fingerprint density at radius 3 is 2.80 bits per heavy atom. The number of nitriles is 1. The Balaban J connectivity index is 2.70. The average molecular weight is 216 g/mol. The molecule has 5 heteroatoms. The minimum atomic E-state index is 0.540. The van der Waals surface area contributed by atoms with Gasteiger partial charge in [-0.1, -0.05) is 12.1 Å². The van der Waals surface area contributed by atoms with E-state index in [-0.39, 0.29) is 0 Å². The van der Waals surface area contributed by atoms with E-state index in [1.165, 1.54) is 0 Å². The lowest BCUT2D eigenvalue weighted by atomic mass is 10.1. The van der Waals surface area contributed by atoms with Crippen molar-refractivity contribution in [3.63, 3.8) is 0 Å². The number of hydrogen-bond donors (Lipinski definition) is 1. The lowest BCUT2D eigenvalue weighted by molar-refractivity contribution is 0.901. The molecule has 0 aliphatic carbocycles. The molecule has 0 saturated heterocycles. The van der Waals surface area contributed by atoms with Crippen molar-refractivity contribution in [1.82, 2.24) is 14.8 Å². The van der Waals surface area contributed by atoms with Crippen LogP contribution in [0, 0.1) is 16.1 Å². The summed E-state index contributed by atoms with van der Waals surface area (Å²) in [6.07, 6.45) is 0. The van der Waals surface area contributed by atoms with Crippen LogP contribution in [0.3, 0.4) is 0 Å². The molecule has 2 aromatic rings. The Morgan fingerprint density at radius 2 is 2.20 bits per heavy atom. The maximum absolute atomic E-state index is 8.95. The molecule has 4 nitrogen and oxygen atoms in total. The molecule has 0 radical (unpaired) electrons. The molecule has 0 bridgehead atoms. The van der Waals surface area contributed by atoms with Gasteiger partial charge in [0.1, 0.15) is 0 Å². The number of nitrogens with one attached hydrogen (secondary N) is 1. The highest BCUT2D eigenvalue weighted by atomic mass is 32.1. The number of aromatic amines is 1. The highest BCUT2D eigenvalue weighted by Gasteiger charge is 2.09. The first-order valence-electron chi connectivity index (χ1n) is 4.35. The Morgan fingerprint density at radius 1 is 1.47 bits per heavy atom. The van der Waals surface area contributed by atoms with Gasteiger partial charge in [0.2, 0.25) is 0 Å². The molecule has 0 atom stereocenters. The summed E-state index contributed by atoms with van der Waals surface area (Å²) >= 11 is 5.02. The highest BCUT2D eigenvalue weighted by molar-refractivity contribution is 7.71. The molecule has 0 amide bonds. The van der Waals surface area contributed by atoms with Crippen LogP contribution in [0.4, 0.5) is 0 Å². The van der Waals surface area contributed by atoms with Crippen LogP contribution in [0.15, 0.2) is 24.3 Å². The topological polar surface area (TPSA) is 57.4 Å². The molecular weight excluding hydrogens is 208 g/mol. The predicted molar refractivity (Wildman–Crippen MR) is 58.5 cm³/mol. The van der Waals surface area contributed by atoms with Gasteiger partial charge >= 0.3 is 0 Å². The molecular formula is C10H8N4S. The largest absolute Gasteiger partial charge is 0.303 e. The summed E-state index contributed by atoms with van der Waals surface area (Å²) in [6.45, 7) is 0. The van der Waals surface area contributed by atoms with Gasteiger partial charge in [0, 0.05) is 12.6 Å². The van der Waals surface area contributed by atoms with Crippen molar-refractivity contribution in [3.8, 4) is 17.5 Å². The fourth-order valence-corrected chi connectivity index (χ4v) is 1.50. The number of H-pyrrole nitrogens is 1. The molecule has 0 fully saturated rings. The fourth-order valence-electron chi connectivity index (χ4n) is 1.36. The zero-order valence-electron chi connectivity index (χ0n) is 8.06. The normalized spacial score (nSPS) is 9.87. The Labute approximate surface area is 91.8 Å². The first kappa shape index (κ1) is 9.62. The number of benzene rings is 1. The fraction of sp³-hybridized carbons (Fsp3) is 0.100. The van der Waals surface area contributed by atoms with E-state index < -0.39 is 0 Å². The second-order valence-corrected chi connectivity index (χ2v) is 3.46. The van der Waals surface area contributed by atoms with Crippen molar-refractivity contribution in [2.75, 3.05) is 0 Å². The molecule has 0 unspecified atom stereocenters. The summed E-state index contributed by atoms with van der Waals surface area (Å²) in [5.41, 5.74) is 1.38. The summed E-state index contributed by atoms with van der Waals surface area (Å²) < 4.78 is 2.28. The van der Waals surface area contributed by atoms with Crippen LogP contribution in [-0.4, -0.2) is 14.8 Å². The van der Waals surface area contributed by atoms with Crippen LogP contribution in [0.1, 0.15) is 5.56 Å². The van der Waals surface area contributed by atoms with Crippen molar-refractivity contribution in [1.29, 1.82) is 5.26 Å². The van der Waals surface area contributed by atoms with E-state index in [1.807, 2.05) is 25.2 Å². The number of hydrogen-bond acceptors (Lipinski definition) is 3. The number of nitrogens with zero attached hydrogens (tertiary/aromatic N) is 3. The minimum Gasteiger partial charge on any atom is -0.303 e. The van der Waals surface area contributed by atoms with Crippen molar-refractivity contribution < 1.29 is 0 Å². The molecule has 1 aromatic heterocycles. The van der Waals surface area contributed by atoms with E-state index in [0.29, 0.717) is 16.2 Å². The van der Waals surface area contributed by atoms with E-state index in [0.717, 1.165) is 5.56 Å². The molecule has 1 aromatic carbocycles. The van der Waals surface area contributed by atoms with E-state index in [1.54, 1.807) is 10.6 Å².